The Hall–Kier alpha value is -1.35. The summed E-state index contributed by atoms with van der Waals surface area (Å²) in [7, 11) is 1.90. The van der Waals surface area contributed by atoms with Crippen molar-refractivity contribution < 1.29 is 4.79 Å². The van der Waals surface area contributed by atoms with Crippen molar-refractivity contribution in [1.29, 1.82) is 0 Å². The molecular weight excluding hydrogens is 224 g/mol. The van der Waals surface area contributed by atoms with Gasteiger partial charge >= 0.3 is 0 Å². The highest BCUT2D eigenvalue weighted by Gasteiger charge is 2.29. The number of nitrogens with zero attached hydrogens (tertiary/aromatic N) is 1. The molecule has 1 atom stereocenters. The highest BCUT2D eigenvalue weighted by Crippen LogP contribution is 2.25. The second-order valence-corrected chi connectivity index (χ2v) is 5.25. The number of carbonyl (C=O) groups is 1. The average Bonchev–Trinajstić information content (AvgIpc) is 3.18. The third-order valence-corrected chi connectivity index (χ3v) is 3.59. The van der Waals surface area contributed by atoms with Crippen molar-refractivity contribution in [2.75, 3.05) is 13.6 Å². The van der Waals surface area contributed by atoms with E-state index in [1.54, 1.807) is 0 Å². The normalized spacial score (nSPS) is 16.4. The second kappa shape index (κ2) is 5.53. The molecule has 1 aliphatic rings. The van der Waals surface area contributed by atoms with E-state index in [0.29, 0.717) is 12.6 Å². The molecule has 2 rings (SSSR count). The van der Waals surface area contributed by atoms with Crippen LogP contribution >= 0.6 is 0 Å². The van der Waals surface area contributed by atoms with Crippen LogP contribution < -0.4 is 5.32 Å². The molecule has 0 heterocycles. The highest BCUT2D eigenvalue weighted by atomic mass is 16.2. The third-order valence-electron chi connectivity index (χ3n) is 3.59. The van der Waals surface area contributed by atoms with Crippen LogP contribution in [0, 0.1) is 6.92 Å². The van der Waals surface area contributed by atoms with Crippen molar-refractivity contribution in [2.45, 2.75) is 38.8 Å². The van der Waals surface area contributed by atoms with Gasteiger partial charge < -0.3 is 10.2 Å². The molecule has 1 aliphatic carbocycles. The summed E-state index contributed by atoms with van der Waals surface area (Å²) in [5.41, 5.74) is 2.49. The van der Waals surface area contributed by atoms with Gasteiger partial charge in [0, 0.05) is 19.1 Å². The molecule has 1 aromatic carbocycles. The van der Waals surface area contributed by atoms with Crippen LogP contribution in [0.1, 0.15) is 36.9 Å². The molecule has 0 spiro atoms. The molecule has 98 valence electrons. The monoisotopic (exact) mass is 246 g/mol. The number of benzene rings is 1. The topological polar surface area (TPSA) is 32.3 Å². The molecule has 3 heteroatoms. The van der Waals surface area contributed by atoms with Crippen molar-refractivity contribution in [2.24, 2.45) is 0 Å². The third kappa shape index (κ3) is 3.33. The van der Waals surface area contributed by atoms with Crippen molar-refractivity contribution in [1.82, 2.24) is 10.2 Å². The lowest BCUT2D eigenvalue weighted by Gasteiger charge is -2.19. The maximum atomic E-state index is 11.9. The molecule has 0 radical (unpaired) electrons. The fourth-order valence-electron chi connectivity index (χ4n) is 2.09. The summed E-state index contributed by atoms with van der Waals surface area (Å²) in [5, 5.41) is 3.30. The van der Waals surface area contributed by atoms with Crippen LogP contribution in [0.5, 0.6) is 0 Å². The summed E-state index contributed by atoms with van der Waals surface area (Å²) in [4.78, 5) is 13.8. The van der Waals surface area contributed by atoms with Gasteiger partial charge in [-0.1, -0.05) is 29.8 Å². The van der Waals surface area contributed by atoms with Gasteiger partial charge in [0.05, 0.1) is 6.54 Å². The number of likely N-dealkylation sites (N-methyl/N-ethyl adjacent to an activating group) is 1. The lowest BCUT2D eigenvalue weighted by molar-refractivity contribution is -0.129. The molecule has 1 aromatic rings. The van der Waals surface area contributed by atoms with Crippen molar-refractivity contribution >= 4 is 5.91 Å². The number of hydrogen-bond acceptors (Lipinski definition) is 2. The quantitative estimate of drug-likeness (QED) is 0.864. The van der Waals surface area contributed by atoms with Crippen LogP contribution in [0.25, 0.3) is 0 Å². The van der Waals surface area contributed by atoms with Crippen LogP contribution in [-0.4, -0.2) is 30.4 Å². The Morgan fingerprint density at radius 3 is 2.83 bits per heavy atom. The smallest absolute Gasteiger partial charge is 0.236 e. The standard InChI is InChI=1S/C15H22N2O/c1-11-5-4-6-13(9-11)12(2)16-10-15(18)17(3)14-7-8-14/h4-6,9,12,14,16H,7-8,10H2,1-3H3/t12-/m0/s1. The van der Waals surface area contributed by atoms with Crippen LogP contribution in [0.15, 0.2) is 24.3 Å². The molecule has 1 saturated carbocycles. The number of nitrogens with one attached hydrogen (secondary N) is 1. The first kappa shape index (κ1) is 13.1. The Bertz CT molecular complexity index is 426. The van der Waals surface area contributed by atoms with Gasteiger partial charge in [-0.15, -0.1) is 0 Å². The summed E-state index contributed by atoms with van der Waals surface area (Å²) in [6, 6.07) is 9.10. The van der Waals surface area contributed by atoms with Crippen LogP contribution in [0.3, 0.4) is 0 Å². The second-order valence-electron chi connectivity index (χ2n) is 5.25. The molecule has 1 N–H and O–H groups in total. The first-order valence-electron chi connectivity index (χ1n) is 6.63. The van der Waals surface area contributed by atoms with E-state index >= 15 is 0 Å². The van der Waals surface area contributed by atoms with Gasteiger partial charge in [-0.05, 0) is 32.3 Å². The molecule has 0 saturated heterocycles. The molecule has 1 fully saturated rings. The molecule has 1 amide bonds. The fraction of sp³-hybridized carbons (Fsp3) is 0.533. The van der Waals surface area contributed by atoms with Gasteiger partial charge in [-0.25, -0.2) is 0 Å². The Labute approximate surface area is 109 Å². The fourth-order valence-corrected chi connectivity index (χ4v) is 2.09. The maximum Gasteiger partial charge on any atom is 0.236 e. The van der Waals surface area contributed by atoms with Gasteiger partial charge in [-0.3, -0.25) is 4.79 Å². The van der Waals surface area contributed by atoms with E-state index in [1.165, 1.54) is 11.1 Å². The number of aryl methyl sites for hydroxylation is 1. The van der Waals surface area contributed by atoms with Crippen LogP contribution in [0.2, 0.25) is 0 Å². The average molecular weight is 246 g/mol. The van der Waals surface area contributed by atoms with E-state index < -0.39 is 0 Å². The van der Waals surface area contributed by atoms with Gasteiger partial charge in [-0.2, -0.15) is 0 Å². The number of carbonyl (C=O) groups excluding carboxylic acids is 1. The zero-order chi connectivity index (χ0) is 13.1. The highest BCUT2D eigenvalue weighted by molar-refractivity contribution is 5.78. The lowest BCUT2D eigenvalue weighted by Crippen LogP contribution is -2.37. The first-order valence-corrected chi connectivity index (χ1v) is 6.63. The van der Waals surface area contributed by atoms with Gasteiger partial charge in [0.1, 0.15) is 0 Å². The summed E-state index contributed by atoms with van der Waals surface area (Å²) in [5.74, 6) is 0.192. The van der Waals surface area contributed by atoms with Crippen molar-refractivity contribution in [3.8, 4) is 0 Å². The van der Waals surface area contributed by atoms with Crippen LogP contribution in [0.4, 0.5) is 0 Å². The van der Waals surface area contributed by atoms with E-state index in [4.69, 9.17) is 0 Å². The Morgan fingerprint density at radius 1 is 1.50 bits per heavy atom. The minimum atomic E-state index is 0.192. The van der Waals surface area contributed by atoms with Crippen molar-refractivity contribution in [3.05, 3.63) is 35.4 Å². The molecule has 18 heavy (non-hydrogen) atoms. The van der Waals surface area contributed by atoms with Crippen molar-refractivity contribution in [3.63, 3.8) is 0 Å². The van der Waals surface area contributed by atoms with Gasteiger partial charge in [0.15, 0.2) is 0 Å². The zero-order valence-electron chi connectivity index (χ0n) is 11.4. The van der Waals surface area contributed by atoms with E-state index in [-0.39, 0.29) is 11.9 Å². The predicted octanol–water partition coefficient (Wildman–Crippen LogP) is 2.27. The Morgan fingerprint density at radius 2 is 2.22 bits per heavy atom. The molecule has 0 unspecified atom stereocenters. The minimum absolute atomic E-state index is 0.192. The van der Waals surface area contributed by atoms with Gasteiger partial charge in [0.25, 0.3) is 0 Å². The SMILES string of the molecule is Cc1cccc([C@H](C)NCC(=O)N(C)C2CC2)c1. The van der Waals surface area contributed by atoms with Gasteiger partial charge in [0.2, 0.25) is 5.91 Å². The zero-order valence-corrected chi connectivity index (χ0v) is 11.4. The van der Waals surface area contributed by atoms with E-state index in [0.717, 1.165) is 12.8 Å². The first-order chi connectivity index (χ1) is 8.58. The number of hydrogen-bond donors (Lipinski definition) is 1. The summed E-state index contributed by atoms with van der Waals surface area (Å²) in [6.45, 7) is 4.60. The Balaban J connectivity index is 1.84. The van der Waals surface area contributed by atoms with Crippen LogP contribution in [-0.2, 0) is 4.79 Å². The number of amides is 1. The van der Waals surface area contributed by atoms with E-state index in [9.17, 15) is 4.79 Å². The Kier molecular flexibility index (Phi) is 4.02. The largest absolute Gasteiger partial charge is 0.342 e. The van der Waals surface area contributed by atoms with E-state index in [2.05, 4.69) is 43.4 Å². The molecule has 0 aliphatic heterocycles. The summed E-state index contributed by atoms with van der Waals surface area (Å²) in [6.07, 6.45) is 2.32. The molecule has 3 nitrogen and oxygen atoms in total. The predicted molar refractivity (Wildman–Crippen MR) is 73.4 cm³/mol. The summed E-state index contributed by atoms with van der Waals surface area (Å²) >= 11 is 0. The van der Waals surface area contributed by atoms with E-state index in [1.807, 2.05) is 11.9 Å². The molecule has 0 aromatic heterocycles. The number of rotatable bonds is 5. The molecular formula is C15H22N2O. The molecule has 0 bridgehead atoms. The summed E-state index contributed by atoms with van der Waals surface area (Å²) < 4.78 is 0. The minimum Gasteiger partial charge on any atom is -0.342 e. The maximum absolute atomic E-state index is 11.9. The lowest BCUT2D eigenvalue weighted by atomic mass is 10.1.